The first-order chi connectivity index (χ1) is 8.41. The molecule has 1 unspecified atom stereocenters. The second-order valence-electron chi connectivity index (χ2n) is 4.64. The van der Waals surface area contributed by atoms with E-state index in [4.69, 9.17) is 11.6 Å². The second-order valence-corrected chi connectivity index (χ2v) is 7.13. The molecule has 0 amide bonds. The molecule has 6 heteroatoms. The third kappa shape index (κ3) is 3.03. The summed E-state index contributed by atoms with van der Waals surface area (Å²) in [5.41, 5.74) is 0. The van der Waals surface area contributed by atoms with Crippen molar-refractivity contribution in [3.63, 3.8) is 0 Å². The highest BCUT2D eigenvalue weighted by Gasteiger charge is 2.33. The summed E-state index contributed by atoms with van der Waals surface area (Å²) >= 11 is 5.73. The van der Waals surface area contributed by atoms with Crippen LogP contribution in [0.15, 0.2) is 29.2 Å². The van der Waals surface area contributed by atoms with Gasteiger partial charge in [0.15, 0.2) is 0 Å². The van der Waals surface area contributed by atoms with Gasteiger partial charge in [0, 0.05) is 18.6 Å². The monoisotopic (exact) mass is 289 g/mol. The lowest BCUT2D eigenvalue weighted by atomic mass is 10.2. The van der Waals surface area contributed by atoms with Crippen molar-refractivity contribution in [2.45, 2.75) is 23.8 Å². The van der Waals surface area contributed by atoms with Crippen LogP contribution in [0.5, 0.6) is 0 Å². The molecule has 1 aromatic rings. The number of benzene rings is 1. The van der Waals surface area contributed by atoms with Gasteiger partial charge in [0.2, 0.25) is 10.0 Å². The highest BCUT2D eigenvalue weighted by atomic mass is 35.5. The number of aliphatic hydroxyl groups is 1. The van der Waals surface area contributed by atoms with E-state index in [1.165, 1.54) is 23.5 Å². The van der Waals surface area contributed by atoms with Gasteiger partial charge in [-0.2, -0.15) is 4.31 Å². The maximum absolute atomic E-state index is 12.2. The third-order valence-electron chi connectivity index (χ3n) is 3.13. The quantitative estimate of drug-likeness (QED) is 0.898. The number of hydrogen-bond acceptors (Lipinski definition) is 3. The molecule has 0 radical (unpaired) electrons. The molecule has 2 rings (SSSR count). The van der Waals surface area contributed by atoms with Gasteiger partial charge in [-0.3, -0.25) is 0 Å². The minimum atomic E-state index is -3.54. The predicted molar refractivity (Wildman–Crippen MR) is 70.0 cm³/mol. The number of rotatable bonds is 5. The SMILES string of the molecule is CN(CC(O)C1CC1)S(=O)(=O)c1ccc(Cl)cc1. The van der Waals surface area contributed by atoms with Crippen LogP contribution in [0.1, 0.15) is 12.8 Å². The van der Waals surface area contributed by atoms with Crippen LogP contribution in [0.25, 0.3) is 0 Å². The van der Waals surface area contributed by atoms with E-state index in [0.717, 1.165) is 12.8 Å². The minimum absolute atomic E-state index is 0.135. The zero-order chi connectivity index (χ0) is 13.3. The number of sulfonamides is 1. The normalized spacial score (nSPS) is 18.0. The standard InChI is InChI=1S/C12H16ClNO3S/c1-14(8-12(15)9-2-3-9)18(16,17)11-6-4-10(13)5-7-11/h4-7,9,12,15H,2-3,8H2,1H3. The largest absolute Gasteiger partial charge is 0.391 e. The lowest BCUT2D eigenvalue weighted by molar-refractivity contribution is 0.131. The molecule has 1 aromatic carbocycles. The van der Waals surface area contributed by atoms with E-state index in [1.807, 2.05) is 0 Å². The molecule has 1 fully saturated rings. The number of aliphatic hydroxyl groups excluding tert-OH is 1. The van der Waals surface area contributed by atoms with E-state index >= 15 is 0 Å². The van der Waals surface area contributed by atoms with Crippen molar-refractivity contribution in [2.24, 2.45) is 5.92 Å². The Morgan fingerprint density at radius 2 is 1.94 bits per heavy atom. The Hall–Kier alpha value is -0.620. The summed E-state index contributed by atoms with van der Waals surface area (Å²) < 4.78 is 25.6. The summed E-state index contributed by atoms with van der Waals surface area (Å²) in [5, 5.41) is 10.3. The molecule has 0 aliphatic heterocycles. The van der Waals surface area contributed by atoms with E-state index in [1.54, 1.807) is 12.1 Å². The molecule has 1 N–H and O–H groups in total. The summed E-state index contributed by atoms with van der Waals surface area (Å²) in [7, 11) is -2.06. The molecule has 1 aliphatic rings. The summed E-state index contributed by atoms with van der Waals surface area (Å²) in [5.74, 6) is 0.257. The van der Waals surface area contributed by atoms with Gasteiger partial charge in [0.25, 0.3) is 0 Å². The van der Waals surface area contributed by atoms with E-state index in [-0.39, 0.29) is 17.4 Å². The van der Waals surface area contributed by atoms with Crippen molar-refractivity contribution in [1.29, 1.82) is 0 Å². The van der Waals surface area contributed by atoms with Crippen molar-refractivity contribution in [1.82, 2.24) is 4.31 Å². The van der Waals surface area contributed by atoms with E-state index in [9.17, 15) is 13.5 Å². The summed E-state index contributed by atoms with van der Waals surface area (Å²) in [6.45, 7) is 0.135. The molecule has 0 aromatic heterocycles. The van der Waals surface area contributed by atoms with Crippen LogP contribution in [-0.2, 0) is 10.0 Å². The zero-order valence-corrected chi connectivity index (χ0v) is 11.7. The molecule has 1 atom stereocenters. The Morgan fingerprint density at radius 1 is 1.39 bits per heavy atom. The Labute approximate surface area is 112 Å². The lowest BCUT2D eigenvalue weighted by Gasteiger charge is -2.20. The average Bonchev–Trinajstić information content (AvgIpc) is 3.13. The first-order valence-electron chi connectivity index (χ1n) is 5.81. The molecule has 18 heavy (non-hydrogen) atoms. The maximum Gasteiger partial charge on any atom is 0.242 e. The van der Waals surface area contributed by atoms with Gasteiger partial charge in [-0.25, -0.2) is 8.42 Å². The first kappa shape index (κ1) is 13.8. The molecular formula is C12H16ClNO3S. The van der Waals surface area contributed by atoms with Gasteiger partial charge in [0.1, 0.15) is 0 Å². The van der Waals surface area contributed by atoms with Gasteiger partial charge in [0.05, 0.1) is 11.0 Å². The summed E-state index contributed by atoms with van der Waals surface area (Å²) in [6, 6.07) is 6.02. The summed E-state index contributed by atoms with van der Waals surface area (Å²) in [4.78, 5) is 0.192. The smallest absolute Gasteiger partial charge is 0.242 e. The van der Waals surface area contributed by atoms with Crippen LogP contribution >= 0.6 is 11.6 Å². The average molecular weight is 290 g/mol. The van der Waals surface area contributed by atoms with Crippen LogP contribution < -0.4 is 0 Å². The molecular weight excluding hydrogens is 274 g/mol. The van der Waals surface area contributed by atoms with E-state index < -0.39 is 16.1 Å². The van der Waals surface area contributed by atoms with Gasteiger partial charge >= 0.3 is 0 Å². The molecule has 0 heterocycles. The number of halogens is 1. The van der Waals surface area contributed by atoms with Gasteiger partial charge in [-0.1, -0.05) is 11.6 Å². The zero-order valence-electron chi connectivity index (χ0n) is 10.1. The van der Waals surface area contributed by atoms with Crippen molar-refractivity contribution < 1.29 is 13.5 Å². The molecule has 1 saturated carbocycles. The molecule has 0 spiro atoms. The topological polar surface area (TPSA) is 57.6 Å². The molecule has 0 bridgehead atoms. The van der Waals surface area contributed by atoms with Gasteiger partial charge < -0.3 is 5.11 Å². The number of nitrogens with zero attached hydrogens (tertiary/aromatic N) is 1. The lowest BCUT2D eigenvalue weighted by Crippen LogP contribution is -2.35. The van der Waals surface area contributed by atoms with Crippen LogP contribution in [0.3, 0.4) is 0 Å². The van der Waals surface area contributed by atoms with Crippen LogP contribution in [0.4, 0.5) is 0 Å². The fourth-order valence-electron chi connectivity index (χ4n) is 1.78. The third-order valence-corrected chi connectivity index (χ3v) is 5.22. The maximum atomic E-state index is 12.2. The summed E-state index contributed by atoms with van der Waals surface area (Å²) in [6.07, 6.45) is 1.39. The Balaban J connectivity index is 2.11. The first-order valence-corrected chi connectivity index (χ1v) is 7.63. The van der Waals surface area contributed by atoms with E-state index in [0.29, 0.717) is 5.02 Å². The fraction of sp³-hybridized carbons (Fsp3) is 0.500. The predicted octanol–water partition coefficient (Wildman–Crippen LogP) is 1.73. The van der Waals surface area contributed by atoms with Crippen molar-refractivity contribution >= 4 is 21.6 Å². The second kappa shape index (κ2) is 5.17. The molecule has 1 aliphatic carbocycles. The van der Waals surface area contributed by atoms with Gasteiger partial charge in [-0.15, -0.1) is 0 Å². The molecule has 0 saturated heterocycles. The van der Waals surface area contributed by atoms with Crippen LogP contribution in [0.2, 0.25) is 5.02 Å². The van der Waals surface area contributed by atoms with Crippen molar-refractivity contribution in [2.75, 3.05) is 13.6 Å². The Bertz CT molecular complexity index is 511. The van der Waals surface area contributed by atoms with Crippen molar-refractivity contribution in [3.05, 3.63) is 29.3 Å². The Kier molecular flexibility index (Phi) is 3.96. The van der Waals surface area contributed by atoms with Crippen molar-refractivity contribution in [3.8, 4) is 0 Å². The van der Waals surface area contributed by atoms with Crippen LogP contribution in [-0.4, -0.2) is 37.5 Å². The Morgan fingerprint density at radius 3 is 2.44 bits per heavy atom. The fourth-order valence-corrected chi connectivity index (χ4v) is 3.09. The van der Waals surface area contributed by atoms with Crippen LogP contribution in [0, 0.1) is 5.92 Å². The highest BCUT2D eigenvalue weighted by Crippen LogP contribution is 2.33. The van der Waals surface area contributed by atoms with E-state index in [2.05, 4.69) is 0 Å². The molecule has 4 nitrogen and oxygen atoms in total. The number of likely N-dealkylation sites (N-methyl/N-ethyl adjacent to an activating group) is 1. The number of hydrogen-bond donors (Lipinski definition) is 1. The molecule has 100 valence electrons. The minimum Gasteiger partial charge on any atom is -0.391 e. The highest BCUT2D eigenvalue weighted by molar-refractivity contribution is 7.89. The van der Waals surface area contributed by atoms with Gasteiger partial charge in [-0.05, 0) is 43.0 Å².